The summed E-state index contributed by atoms with van der Waals surface area (Å²) < 4.78 is 3.29. The number of carbonyl (C=O) groups excluding carboxylic acids is 1. The number of hydrogen-bond acceptors (Lipinski definition) is 3. The maximum Gasteiger partial charge on any atom is 0.264 e. The van der Waals surface area contributed by atoms with Gasteiger partial charge in [0.2, 0.25) is 0 Å². The van der Waals surface area contributed by atoms with Crippen molar-refractivity contribution in [3.05, 3.63) is 57.7 Å². The van der Waals surface area contributed by atoms with E-state index in [1.54, 1.807) is 0 Å². The van der Waals surface area contributed by atoms with Crippen molar-refractivity contribution < 1.29 is 4.79 Å². The molecule has 0 spiro atoms. The highest BCUT2D eigenvalue weighted by Crippen LogP contribution is 2.31. The average molecular weight is 416 g/mol. The van der Waals surface area contributed by atoms with Gasteiger partial charge in [-0.3, -0.25) is 4.79 Å². The first kappa shape index (κ1) is 16.7. The number of nitrogens with one attached hydrogen (secondary N) is 1. The summed E-state index contributed by atoms with van der Waals surface area (Å²) in [5.74, 6) is -0.0884. The summed E-state index contributed by atoms with van der Waals surface area (Å²) in [6, 6.07) is 10.4. The maximum absolute atomic E-state index is 12.2. The van der Waals surface area contributed by atoms with Gasteiger partial charge in [-0.15, -0.1) is 0 Å². The zero-order chi connectivity index (χ0) is 17.2. The molecule has 2 aromatic rings. The molecule has 1 saturated heterocycles. The molecule has 1 N–H and O–H groups in total. The van der Waals surface area contributed by atoms with Crippen LogP contribution < -0.4 is 5.32 Å². The van der Waals surface area contributed by atoms with Gasteiger partial charge in [0.05, 0.1) is 10.6 Å². The van der Waals surface area contributed by atoms with E-state index in [0.29, 0.717) is 16.1 Å². The van der Waals surface area contributed by atoms with Crippen LogP contribution in [0.15, 0.2) is 57.1 Å². The fourth-order valence-corrected chi connectivity index (χ4v) is 4.32. The van der Waals surface area contributed by atoms with Crippen molar-refractivity contribution in [1.82, 2.24) is 9.88 Å². The quantitative estimate of drug-likeness (QED) is 0.694. The van der Waals surface area contributed by atoms with Crippen LogP contribution in [0.1, 0.15) is 37.3 Å². The van der Waals surface area contributed by atoms with Gasteiger partial charge < -0.3 is 9.88 Å². The predicted molar refractivity (Wildman–Crippen MR) is 107 cm³/mol. The molecule has 1 saturated carbocycles. The Labute approximate surface area is 159 Å². The van der Waals surface area contributed by atoms with Gasteiger partial charge >= 0.3 is 0 Å². The maximum atomic E-state index is 12.2. The number of thioether (sulfide) groups is 1. The molecule has 1 amide bonds. The first-order valence-electron chi connectivity index (χ1n) is 8.40. The van der Waals surface area contributed by atoms with Crippen LogP contribution in [-0.4, -0.2) is 15.6 Å². The molecular weight excluding hydrogens is 398 g/mol. The van der Waals surface area contributed by atoms with Crippen LogP contribution in [0.3, 0.4) is 0 Å². The third-order valence-corrected chi connectivity index (χ3v) is 5.93. The van der Waals surface area contributed by atoms with Gasteiger partial charge in [-0.2, -0.15) is 0 Å². The van der Waals surface area contributed by atoms with Gasteiger partial charge in [-0.25, -0.2) is 4.99 Å². The van der Waals surface area contributed by atoms with Crippen molar-refractivity contribution in [2.45, 2.75) is 31.7 Å². The second kappa shape index (κ2) is 7.22. The molecule has 0 radical (unpaired) electrons. The number of carbonyl (C=O) groups is 1. The number of aliphatic imine (C=N–C) groups is 1. The number of benzene rings is 1. The Hall–Kier alpha value is -1.79. The lowest BCUT2D eigenvalue weighted by atomic mass is 10.2. The summed E-state index contributed by atoms with van der Waals surface area (Å²) in [5.41, 5.74) is 1.88. The number of rotatable bonds is 3. The molecule has 25 heavy (non-hydrogen) atoms. The van der Waals surface area contributed by atoms with Crippen LogP contribution in [0.2, 0.25) is 0 Å². The molecule has 0 bridgehead atoms. The lowest BCUT2D eigenvalue weighted by Crippen LogP contribution is -2.19. The van der Waals surface area contributed by atoms with E-state index in [-0.39, 0.29) is 5.91 Å². The zero-order valence-electron chi connectivity index (χ0n) is 13.6. The minimum absolute atomic E-state index is 0.0884. The van der Waals surface area contributed by atoms with Crippen LogP contribution in [0.4, 0.5) is 5.69 Å². The van der Waals surface area contributed by atoms with Crippen molar-refractivity contribution in [3.8, 4) is 0 Å². The van der Waals surface area contributed by atoms with E-state index in [2.05, 4.69) is 49.3 Å². The Kier molecular flexibility index (Phi) is 4.81. The lowest BCUT2D eigenvalue weighted by molar-refractivity contribution is -0.115. The third kappa shape index (κ3) is 3.90. The Bertz CT molecular complexity index is 848. The predicted octanol–water partition coefficient (Wildman–Crippen LogP) is 5.26. The monoisotopic (exact) mass is 415 g/mol. The van der Waals surface area contributed by atoms with Crippen LogP contribution in [0, 0.1) is 0 Å². The minimum Gasteiger partial charge on any atom is -0.351 e. The zero-order valence-corrected chi connectivity index (χ0v) is 16.0. The van der Waals surface area contributed by atoms with Crippen molar-refractivity contribution in [3.63, 3.8) is 0 Å². The van der Waals surface area contributed by atoms with Crippen molar-refractivity contribution >= 4 is 50.5 Å². The molecule has 1 aromatic heterocycles. The van der Waals surface area contributed by atoms with E-state index < -0.39 is 0 Å². The Morgan fingerprint density at radius 3 is 2.72 bits per heavy atom. The topological polar surface area (TPSA) is 46.4 Å². The Morgan fingerprint density at radius 2 is 1.96 bits per heavy atom. The number of hydrogen-bond donors (Lipinski definition) is 1. The second-order valence-corrected chi connectivity index (χ2v) is 8.23. The van der Waals surface area contributed by atoms with E-state index >= 15 is 0 Å². The number of halogens is 1. The number of amidine groups is 1. The smallest absolute Gasteiger partial charge is 0.264 e. The summed E-state index contributed by atoms with van der Waals surface area (Å²) in [4.78, 5) is 17.4. The fraction of sp³-hybridized carbons (Fsp3) is 0.263. The number of nitrogens with zero attached hydrogens (tertiary/aromatic N) is 2. The second-order valence-electron chi connectivity index (χ2n) is 6.29. The largest absolute Gasteiger partial charge is 0.351 e. The lowest BCUT2D eigenvalue weighted by Gasteiger charge is -2.10. The van der Waals surface area contributed by atoms with E-state index in [4.69, 9.17) is 0 Å². The molecule has 2 fully saturated rings. The van der Waals surface area contributed by atoms with Gasteiger partial charge in [0.25, 0.3) is 5.91 Å². The average Bonchev–Trinajstić information content (AvgIpc) is 3.32. The Balaban J connectivity index is 1.50. The van der Waals surface area contributed by atoms with E-state index in [1.807, 2.05) is 30.3 Å². The highest BCUT2D eigenvalue weighted by molar-refractivity contribution is 9.10. The summed E-state index contributed by atoms with van der Waals surface area (Å²) in [7, 11) is 0. The van der Waals surface area contributed by atoms with Crippen molar-refractivity contribution in [2.75, 3.05) is 0 Å². The third-order valence-electron chi connectivity index (χ3n) is 4.49. The molecular formula is C19H18BrN3OS. The van der Waals surface area contributed by atoms with Crippen LogP contribution in [-0.2, 0) is 4.79 Å². The highest BCUT2D eigenvalue weighted by atomic mass is 79.9. The van der Waals surface area contributed by atoms with Gasteiger partial charge in [-0.05, 0) is 66.6 Å². The SMILES string of the molecule is O=C1NC(=Nc2ccc(Br)cc2)S/C1=C/c1ccn(C2CCCC2)c1. The van der Waals surface area contributed by atoms with Gasteiger partial charge in [-0.1, -0.05) is 28.8 Å². The summed E-state index contributed by atoms with van der Waals surface area (Å²) in [6.07, 6.45) is 11.3. The molecule has 1 aliphatic carbocycles. The molecule has 6 heteroatoms. The van der Waals surface area contributed by atoms with E-state index in [0.717, 1.165) is 15.7 Å². The number of amides is 1. The normalized spacial score (nSPS) is 21.4. The molecule has 0 atom stereocenters. The fourth-order valence-electron chi connectivity index (χ4n) is 3.21. The van der Waals surface area contributed by atoms with Crippen molar-refractivity contribution in [1.29, 1.82) is 0 Å². The van der Waals surface area contributed by atoms with Gasteiger partial charge in [0.1, 0.15) is 0 Å². The highest BCUT2D eigenvalue weighted by Gasteiger charge is 2.24. The van der Waals surface area contributed by atoms with Crippen LogP contribution >= 0.6 is 27.7 Å². The molecule has 2 aliphatic rings. The van der Waals surface area contributed by atoms with Crippen LogP contribution in [0.5, 0.6) is 0 Å². The molecule has 1 aliphatic heterocycles. The molecule has 1 aromatic carbocycles. The molecule has 0 unspecified atom stereocenters. The summed E-state index contributed by atoms with van der Waals surface area (Å²) in [5, 5.41) is 3.46. The first-order valence-corrected chi connectivity index (χ1v) is 10.0. The van der Waals surface area contributed by atoms with Crippen molar-refractivity contribution in [2.24, 2.45) is 4.99 Å². The van der Waals surface area contributed by atoms with Gasteiger partial charge in [0.15, 0.2) is 5.17 Å². The number of aromatic nitrogens is 1. The molecule has 2 heterocycles. The van der Waals surface area contributed by atoms with E-state index in [9.17, 15) is 4.79 Å². The van der Waals surface area contributed by atoms with Crippen LogP contribution in [0.25, 0.3) is 6.08 Å². The summed E-state index contributed by atoms with van der Waals surface area (Å²) >= 11 is 4.79. The molecule has 128 valence electrons. The summed E-state index contributed by atoms with van der Waals surface area (Å²) in [6.45, 7) is 0. The molecule has 4 nitrogen and oxygen atoms in total. The van der Waals surface area contributed by atoms with E-state index in [1.165, 1.54) is 37.4 Å². The Morgan fingerprint density at radius 1 is 1.20 bits per heavy atom. The van der Waals surface area contributed by atoms with Gasteiger partial charge in [0, 0.05) is 22.9 Å². The first-order chi connectivity index (χ1) is 12.2. The minimum atomic E-state index is -0.0884. The molecule has 4 rings (SSSR count). The standard InChI is InChI=1S/C19H18BrN3OS/c20-14-5-7-15(8-6-14)21-19-22-18(24)17(25-19)11-13-9-10-23(12-13)16-3-1-2-4-16/h5-12,16H,1-4H2,(H,21,22,24)/b17-11+.